The third kappa shape index (κ3) is 5.93. The lowest BCUT2D eigenvalue weighted by atomic mass is 10.2. The molecule has 0 saturated carbocycles. The molecule has 9 nitrogen and oxygen atoms in total. The molecule has 2 aromatic carbocycles. The van der Waals surface area contributed by atoms with Crippen molar-refractivity contribution < 1.29 is 18.9 Å². The van der Waals surface area contributed by atoms with Gasteiger partial charge in [0.2, 0.25) is 0 Å². The summed E-state index contributed by atoms with van der Waals surface area (Å²) in [5, 5.41) is 8.78. The molecular weight excluding hydrogens is 549 g/mol. The molecular formula is C24H26IN5O4. The lowest BCUT2D eigenvalue weighted by Crippen LogP contribution is -2.09. The second-order valence-corrected chi connectivity index (χ2v) is 8.56. The number of nitrogens with zero attached hydrogens (tertiary/aromatic N) is 4. The molecule has 0 fully saturated rings. The Labute approximate surface area is 211 Å². The van der Waals surface area contributed by atoms with E-state index in [0.717, 1.165) is 25.9 Å². The van der Waals surface area contributed by atoms with E-state index in [1.54, 1.807) is 26.7 Å². The van der Waals surface area contributed by atoms with Gasteiger partial charge in [0, 0.05) is 24.3 Å². The molecule has 2 heterocycles. The van der Waals surface area contributed by atoms with Gasteiger partial charge in [0.15, 0.2) is 17.1 Å². The van der Waals surface area contributed by atoms with Crippen LogP contribution in [-0.2, 0) is 16.0 Å². The summed E-state index contributed by atoms with van der Waals surface area (Å²) in [5.41, 5.74) is 2.71. The molecule has 0 atom stereocenters. The van der Waals surface area contributed by atoms with E-state index in [2.05, 4.69) is 49.0 Å². The Kier molecular flexibility index (Phi) is 8.50. The first kappa shape index (κ1) is 24.2. The molecule has 0 bridgehead atoms. The third-order valence-electron chi connectivity index (χ3n) is 4.98. The zero-order chi connectivity index (χ0) is 23.8. The van der Waals surface area contributed by atoms with Crippen LogP contribution in [0.2, 0.25) is 0 Å². The van der Waals surface area contributed by atoms with Crippen LogP contribution >= 0.6 is 22.6 Å². The number of aromatic nitrogens is 4. The van der Waals surface area contributed by atoms with Crippen molar-refractivity contribution in [1.82, 2.24) is 19.7 Å². The van der Waals surface area contributed by atoms with Gasteiger partial charge in [-0.25, -0.2) is 14.6 Å². The fourth-order valence-corrected chi connectivity index (χ4v) is 3.86. The van der Waals surface area contributed by atoms with Gasteiger partial charge in [-0.15, -0.1) is 0 Å². The summed E-state index contributed by atoms with van der Waals surface area (Å²) >= 11 is 2.29. The van der Waals surface area contributed by atoms with Crippen molar-refractivity contribution in [2.75, 3.05) is 46.0 Å². The third-order valence-corrected chi connectivity index (χ3v) is 5.65. The lowest BCUT2D eigenvalue weighted by Gasteiger charge is -2.14. The fraction of sp³-hybridized carbons (Fsp3) is 0.292. The molecule has 0 aliphatic heterocycles. The summed E-state index contributed by atoms with van der Waals surface area (Å²) in [6, 6.07) is 14.0. The molecule has 178 valence electrons. The van der Waals surface area contributed by atoms with E-state index in [1.807, 2.05) is 41.1 Å². The SMILES string of the molecule is COCCOc1ccc(CNc2ncnc3c2cnn3-c2cccc(I)c2)cc1OCCOC. The number of benzene rings is 2. The van der Waals surface area contributed by atoms with Crippen LogP contribution in [0.25, 0.3) is 16.7 Å². The maximum Gasteiger partial charge on any atom is 0.168 e. The minimum atomic E-state index is 0.429. The lowest BCUT2D eigenvalue weighted by molar-refractivity contribution is 0.132. The van der Waals surface area contributed by atoms with Gasteiger partial charge in [-0.3, -0.25) is 0 Å². The number of nitrogens with one attached hydrogen (secondary N) is 1. The van der Waals surface area contributed by atoms with Crippen molar-refractivity contribution in [3.8, 4) is 17.2 Å². The van der Waals surface area contributed by atoms with E-state index < -0.39 is 0 Å². The Bertz CT molecular complexity index is 1230. The normalized spacial score (nSPS) is 11.0. The highest BCUT2D eigenvalue weighted by atomic mass is 127. The van der Waals surface area contributed by atoms with Crippen LogP contribution in [0.5, 0.6) is 11.5 Å². The number of rotatable bonds is 12. The van der Waals surface area contributed by atoms with Gasteiger partial charge < -0.3 is 24.3 Å². The minimum absolute atomic E-state index is 0.429. The maximum atomic E-state index is 5.87. The molecule has 4 rings (SSSR count). The number of methoxy groups -OCH3 is 2. The summed E-state index contributed by atoms with van der Waals surface area (Å²) < 4.78 is 24.8. The van der Waals surface area contributed by atoms with E-state index in [1.165, 1.54) is 0 Å². The predicted octanol–water partition coefficient (Wildman–Crippen LogP) is 4.08. The molecule has 0 aliphatic rings. The minimum Gasteiger partial charge on any atom is -0.487 e. The maximum absolute atomic E-state index is 5.87. The van der Waals surface area contributed by atoms with Crippen molar-refractivity contribution in [2.45, 2.75) is 6.54 Å². The Hall–Kier alpha value is -2.96. The topological polar surface area (TPSA) is 92.6 Å². The molecule has 0 aliphatic carbocycles. The van der Waals surface area contributed by atoms with Crippen LogP contribution in [0.1, 0.15) is 5.56 Å². The van der Waals surface area contributed by atoms with Crippen molar-refractivity contribution in [3.05, 3.63) is 64.1 Å². The van der Waals surface area contributed by atoms with E-state index in [-0.39, 0.29) is 0 Å². The summed E-state index contributed by atoms with van der Waals surface area (Å²) in [4.78, 5) is 8.89. The van der Waals surface area contributed by atoms with E-state index in [4.69, 9.17) is 18.9 Å². The van der Waals surface area contributed by atoms with Crippen LogP contribution in [0, 0.1) is 3.57 Å². The average molecular weight is 575 g/mol. The van der Waals surface area contributed by atoms with Gasteiger partial charge in [-0.2, -0.15) is 5.10 Å². The van der Waals surface area contributed by atoms with Gasteiger partial charge >= 0.3 is 0 Å². The molecule has 0 spiro atoms. The van der Waals surface area contributed by atoms with Crippen molar-refractivity contribution in [1.29, 1.82) is 0 Å². The number of ether oxygens (including phenoxy) is 4. The number of hydrogen-bond acceptors (Lipinski definition) is 8. The van der Waals surface area contributed by atoms with Gasteiger partial charge in [0.25, 0.3) is 0 Å². The quantitative estimate of drug-likeness (QED) is 0.200. The van der Waals surface area contributed by atoms with Crippen molar-refractivity contribution >= 4 is 39.4 Å². The molecule has 1 N–H and O–H groups in total. The molecule has 4 aromatic rings. The van der Waals surface area contributed by atoms with Gasteiger partial charge in [-0.1, -0.05) is 12.1 Å². The van der Waals surface area contributed by atoms with Crippen LogP contribution in [0.3, 0.4) is 0 Å². The van der Waals surface area contributed by atoms with Crippen LogP contribution in [0.4, 0.5) is 5.82 Å². The molecule has 0 radical (unpaired) electrons. The number of hydrogen-bond donors (Lipinski definition) is 1. The molecule has 10 heteroatoms. The van der Waals surface area contributed by atoms with Crippen molar-refractivity contribution in [2.24, 2.45) is 0 Å². The zero-order valence-electron chi connectivity index (χ0n) is 19.0. The highest BCUT2D eigenvalue weighted by Crippen LogP contribution is 2.29. The summed E-state index contributed by atoms with van der Waals surface area (Å²) in [6.45, 7) is 2.40. The molecule has 0 saturated heterocycles. The Morgan fingerprint density at radius 1 is 0.912 bits per heavy atom. The fourth-order valence-electron chi connectivity index (χ4n) is 3.33. The Balaban J connectivity index is 1.52. The van der Waals surface area contributed by atoms with E-state index in [9.17, 15) is 0 Å². The first-order valence-electron chi connectivity index (χ1n) is 10.7. The zero-order valence-corrected chi connectivity index (χ0v) is 21.2. The monoisotopic (exact) mass is 575 g/mol. The Morgan fingerprint density at radius 2 is 1.71 bits per heavy atom. The van der Waals surface area contributed by atoms with Crippen LogP contribution < -0.4 is 14.8 Å². The van der Waals surface area contributed by atoms with Gasteiger partial charge in [0.05, 0.1) is 30.5 Å². The first-order valence-corrected chi connectivity index (χ1v) is 11.8. The second-order valence-electron chi connectivity index (χ2n) is 7.31. The second kappa shape index (κ2) is 12.0. The smallest absolute Gasteiger partial charge is 0.168 e. The molecule has 2 aromatic heterocycles. The number of halogens is 1. The van der Waals surface area contributed by atoms with Crippen molar-refractivity contribution in [3.63, 3.8) is 0 Å². The van der Waals surface area contributed by atoms with Crippen LogP contribution in [0.15, 0.2) is 55.0 Å². The standard InChI is InChI=1S/C24H26IN5O4/c1-31-8-10-33-21-7-6-17(12-22(21)34-11-9-32-2)14-26-23-20-15-29-30(24(20)28-16-27-23)19-5-3-4-18(25)13-19/h3-7,12-13,15-16H,8-11,14H2,1-2H3,(H,26,27,28). The number of anilines is 1. The largest absolute Gasteiger partial charge is 0.487 e. The summed E-state index contributed by atoms with van der Waals surface area (Å²) in [7, 11) is 3.28. The molecule has 0 amide bonds. The highest BCUT2D eigenvalue weighted by Gasteiger charge is 2.12. The Morgan fingerprint density at radius 3 is 2.47 bits per heavy atom. The summed E-state index contributed by atoms with van der Waals surface area (Å²) in [5.74, 6) is 2.04. The van der Waals surface area contributed by atoms with Crippen LogP contribution in [-0.4, -0.2) is 60.4 Å². The highest BCUT2D eigenvalue weighted by molar-refractivity contribution is 14.1. The molecule has 34 heavy (non-hydrogen) atoms. The van der Waals surface area contributed by atoms with E-state index in [0.29, 0.717) is 50.3 Å². The van der Waals surface area contributed by atoms with Gasteiger partial charge in [0.1, 0.15) is 25.4 Å². The average Bonchev–Trinajstić information content (AvgIpc) is 3.29. The number of fused-ring (bicyclic) bond motifs is 1. The van der Waals surface area contributed by atoms with E-state index >= 15 is 0 Å². The molecule has 0 unspecified atom stereocenters. The first-order chi connectivity index (χ1) is 16.7. The predicted molar refractivity (Wildman–Crippen MR) is 138 cm³/mol. The summed E-state index contributed by atoms with van der Waals surface area (Å²) in [6.07, 6.45) is 3.33. The van der Waals surface area contributed by atoms with Gasteiger partial charge in [-0.05, 0) is 58.5 Å².